The highest BCUT2D eigenvalue weighted by Crippen LogP contribution is 2.18. The number of rotatable bonds is 32. The number of hydrogen-bond acceptors (Lipinski definition) is 8. The van der Waals surface area contributed by atoms with E-state index in [1.807, 2.05) is 146 Å². The summed E-state index contributed by atoms with van der Waals surface area (Å²) in [5.41, 5.74) is 5.20. The van der Waals surface area contributed by atoms with Gasteiger partial charge < -0.3 is 18.9 Å². The minimum absolute atomic E-state index is 0.309. The molecule has 8 aromatic carbocycles. The zero-order valence-corrected chi connectivity index (χ0v) is 52.7. The number of halogens is 4. The van der Waals surface area contributed by atoms with Gasteiger partial charge in [-0.15, -0.1) is 46.4 Å². The van der Waals surface area contributed by atoms with Crippen LogP contribution in [0.3, 0.4) is 0 Å². The van der Waals surface area contributed by atoms with Crippen LogP contribution in [0.1, 0.15) is 49.9 Å². The molecular weight excluding hydrogens is 1130 g/mol. The van der Waals surface area contributed by atoms with Gasteiger partial charge in [-0.25, -0.2) is 0 Å². The van der Waals surface area contributed by atoms with Gasteiger partial charge in [0.1, 0.15) is 49.4 Å². The first kappa shape index (κ1) is 68.7. The van der Waals surface area contributed by atoms with E-state index in [-0.39, 0.29) is 0 Å². The van der Waals surface area contributed by atoms with Gasteiger partial charge in [-0.1, -0.05) is 194 Å². The Morgan fingerprint density at radius 3 is 0.560 bits per heavy atom. The highest BCUT2D eigenvalue weighted by Gasteiger charge is 2.18. The van der Waals surface area contributed by atoms with E-state index in [9.17, 15) is 0 Å². The zero-order chi connectivity index (χ0) is 59.7. The lowest BCUT2D eigenvalue weighted by atomic mass is 10.2. The van der Waals surface area contributed by atoms with Crippen LogP contribution in [0.25, 0.3) is 0 Å². The summed E-state index contributed by atoms with van der Waals surface area (Å²) in [6.45, 7) is 18.4. The third-order valence-corrected chi connectivity index (χ3v) is 14.5. The molecule has 0 aliphatic rings. The van der Waals surface area contributed by atoms with Crippen LogP contribution in [-0.4, -0.2) is 120 Å². The molecule has 448 valence electrons. The molecule has 0 fully saturated rings. The third kappa shape index (κ3) is 28.7. The maximum atomic E-state index is 5.94. The molecule has 84 heavy (non-hydrogen) atoms. The average molecular weight is 1220 g/mol. The van der Waals surface area contributed by atoms with Crippen molar-refractivity contribution in [1.82, 2.24) is 19.6 Å². The van der Waals surface area contributed by atoms with Crippen molar-refractivity contribution >= 4 is 46.4 Å². The number of nitrogens with zero attached hydrogens (tertiary/aromatic N) is 4. The molecule has 0 heterocycles. The molecule has 0 aliphatic carbocycles. The van der Waals surface area contributed by atoms with Crippen molar-refractivity contribution in [2.24, 2.45) is 0 Å². The minimum Gasteiger partial charge on any atom is -0.492 e. The van der Waals surface area contributed by atoms with E-state index in [1.54, 1.807) is 0 Å². The first-order valence-electron chi connectivity index (χ1n) is 29.2. The van der Waals surface area contributed by atoms with E-state index in [1.165, 1.54) is 22.3 Å². The Kier molecular flexibility index (Phi) is 35.0. The lowest BCUT2D eigenvalue weighted by molar-refractivity contribution is 0.146. The summed E-state index contributed by atoms with van der Waals surface area (Å²) in [5.74, 6) is 6.16. The number of alkyl halides is 4. The molecule has 0 bridgehead atoms. The average Bonchev–Trinajstić information content (AvgIpc) is 3.63. The van der Waals surface area contributed by atoms with E-state index in [4.69, 9.17) is 65.4 Å². The van der Waals surface area contributed by atoms with Gasteiger partial charge in [-0.2, -0.15) is 0 Å². The second-order valence-electron chi connectivity index (χ2n) is 20.5. The fourth-order valence-electron chi connectivity index (χ4n) is 8.88. The van der Waals surface area contributed by atoms with E-state index in [0.29, 0.717) is 74.1 Å². The predicted octanol–water partition coefficient (Wildman–Crippen LogP) is 16.8. The largest absolute Gasteiger partial charge is 0.492 e. The molecule has 4 unspecified atom stereocenters. The molecule has 0 saturated carbocycles. The van der Waals surface area contributed by atoms with Crippen molar-refractivity contribution in [3.8, 4) is 23.0 Å². The molecule has 8 rings (SSSR count). The Labute approximate surface area is 523 Å². The zero-order valence-electron chi connectivity index (χ0n) is 49.7. The van der Waals surface area contributed by atoms with Gasteiger partial charge >= 0.3 is 0 Å². The molecule has 0 spiro atoms. The summed E-state index contributed by atoms with van der Waals surface area (Å²) in [7, 11) is 0. The van der Waals surface area contributed by atoms with Crippen molar-refractivity contribution in [1.29, 1.82) is 0 Å². The van der Waals surface area contributed by atoms with Gasteiger partial charge in [0.05, 0.1) is 0 Å². The number of hydrogen-bond donors (Lipinski definition) is 0. The molecule has 0 saturated heterocycles. The summed E-state index contributed by atoms with van der Waals surface area (Å²) >= 11 is 23.8. The Morgan fingerprint density at radius 1 is 0.250 bits per heavy atom. The molecule has 0 aromatic heterocycles. The Morgan fingerprint density at radius 2 is 0.405 bits per heavy atom. The van der Waals surface area contributed by atoms with Gasteiger partial charge in [0.2, 0.25) is 0 Å². The molecule has 0 radical (unpaired) electrons. The molecule has 8 nitrogen and oxygen atoms in total. The van der Waals surface area contributed by atoms with Gasteiger partial charge in [0.25, 0.3) is 0 Å². The summed E-state index contributed by atoms with van der Waals surface area (Å²) in [6, 6.07) is 82.8. The van der Waals surface area contributed by atoms with Gasteiger partial charge in [0.15, 0.2) is 0 Å². The van der Waals surface area contributed by atoms with Crippen LogP contribution in [0.5, 0.6) is 23.0 Å². The van der Waals surface area contributed by atoms with Crippen molar-refractivity contribution in [2.75, 3.05) is 76.1 Å². The maximum absolute atomic E-state index is 5.94. The van der Waals surface area contributed by atoms with Crippen molar-refractivity contribution in [3.63, 3.8) is 0 Å². The molecule has 4 atom stereocenters. The first-order valence-corrected chi connectivity index (χ1v) is 31.4. The third-order valence-electron chi connectivity index (χ3n) is 13.8. The fourth-order valence-corrected chi connectivity index (χ4v) is 9.75. The normalized spacial score (nSPS) is 12.3. The molecule has 0 amide bonds. The monoisotopic (exact) mass is 1210 g/mol. The number of para-hydroxylation sites is 4. The molecular formula is C72H88Cl4N4O4. The van der Waals surface area contributed by atoms with Gasteiger partial charge in [0, 0.05) is 100 Å². The Bertz CT molecular complexity index is 2400. The van der Waals surface area contributed by atoms with Crippen LogP contribution in [-0.2, 0) is 26.2 Å². The Balaban J connectivity index is 0.000000205. The molecule has 0 aliphatic heterocycles. The second kappa shape index (κ2) is 42.7. The van der Waals surface area contributed by atoms with Gasteiger partial charge in [-0.3, -0.25) is 19.6 Å². The van der Waals surface area contributed by atoms with Crippen LogP contribution in [0, 0.1) is 0 Å². The number of ether oxygens (including phenoxy) is 4. The van der Waals surface area contributed by atoms with Crippen LogP contribution in [0.2, 0.25) is 0 Å². The quantitative estimate of drug-likeness (QED) is 0.0387. The smallest absolute Gasteiger partial charge is 0.119 e. The van der Waals surface area contributed by atoms with E-state index in [2.05, 4.69) is 144 Å². The van der Waals surface area contributed by atoms with E-state index in [0.717, 1.165) is 75.4 Å². The predicted molar refractivity (Wildman–Crippen MR) is 356 cm³/mol. The first-order chi connectivity index (χ1) is 41.2. The SMILES string of the molecule is CC(COc1ccccc1)N(CCCl)Cc1ccccc1.CC(COc1ccccc1)N(CCCl)Cc1ccccc1.CC(COc1ccccc1)N(CCCl)Cc1ccccc1.CC(COc1ccccc1)N(CCCl)Cc1ccccc1. The van der Waals surface area contributed by atoms with Crippen LogP contribution in [0.4, 0.5) is 0 Å². The number of benzene rings is 8. The highest BCUT2D eigenvalue weighted by molar-refractivity contribution is 6.18. The van der Waals surface area contributed by atoms with E-state index >= 15 is 0 Å². The summed E-state index contributed by atoms with van der Waals surface area (Å²) in [4.78, 5) is 9.41. The van der Waals surface area contributed by atoms with Gasteiger partial charge in [-0.05, 0) is 98.5 Å². The summed E-state index contributed by atoms with van der Waals surface area (Å²) in [5, 5.41) is 0. The maximum Gasteiger partial charge on any atom is 0.119 e. The molecule has 0 N–H and O–H groups in total. The van der Waals surface area contributed by atoms with Crippen LogP contribution in [0.15, 0.2) is 243 Å². The standard InChI is InChI=1S/4C18H22ClNO/c4*1-16(15-21-18-10-6-3-7-11-18)20(13-12-19)14-17-8-4-2-5-9-17/h4*2-11,16H,12-15H2,1H3. The molecule has 12 heteroatoms. The van der Waals surface area contributed by atoms with Crippen LogP contribution < -0.4 is 18.9 Å². The Hall–Kier alpha value is -6.04. The highest BCUT2D eigenvalue weighted by atomic mass is 35.5. The second-order valence-corrected chi connectivity index (χ2v) is 22.0. The minimum atomic E-state index is 0.309. The molecule has 8 aromatic rings. The van der Waals surface area contributed by atoms with Crippen molar-refractivity contribution < 1.29 is 18.9 Å². The summed E-state index contributed by atoms with van der Waals surface area (Å²) < 4.78 is 23.4. The van der Waals surface area contributed by atoms with E-state index < -0.39 is 0 Å². The van der Waals surface area contributed by atoms with Crippen LogP contribution >= 0.6 is 46.4 Å². The lowest BCUT2D eigenvalue weighted by Crippen LogP contribution is -2.38. The topological polar surface area (TPSA) is 49.9 Å². The lowest BCUT2D eigenvalue weighted by Gasteiger charge is -2.28. The van der Waals surface area contributed by atoms with Crippen molar-refractivity contribution in [2.45, 2.75) is 78.0 Å². The van der Waals surface area contributed by atoms with Crippen molar-refractivity contribution in [3.05, 3.63) is 265 Å². The fraction of sp³-hybridized carbons (Fsp3) is 0.333. The summed E-state index contributed by atoms with van der Waals surface area (Å²) in [6.07, 6.45) is 0.